The molecule has 1 aromatic carbocycles. The molecule has 2 aromatic rings. The quantitative estimate of drug-likeness (QED) is 0.902. The predicted molar refractivity (Wildman–Crippen MR) is 80.6 cm³/mol. The van der Waals surface area contributed by atoms with E-state index in [1.165, 1.54) is 12.3 Å². The number of pyridine rings is 1. The third-order valence-corrected chi connectivity index (χ3v) is 3.41. The molecule has 0 aliphatic carbocycles. The Kier molecular flexibility index (Phi) is 4.81. The Morgan fingerprint density at radius 3 is 2.75 bits per heavy atom. The third-order valence-electron chi connectivity index (χ3n) is 2.91. The van der Waals surface area contributed by atoms with Crippen LogP contribution >= 0.6 is 23.2 Å². The minimum absolute atomic E-state index is 0.0685. The summed E-state index contributed by atoms with van der Waals surface area (Å²) in [5, 5.41) is 3.83. The van der Waals surface area contributed by atoms with Crippen molar-refractivity contribution in [3.63, 3.8) is 0 Å². The van der Waals surface area contributed by atoms with Crippen LogP contribution < -0.4 is 11.1 Å². The van der Waals surface area contributed by atoms with E-state index in [4.69, 9.17) is 28.9 Å². The van der Waals surface area contributed by atoms with Gasteiger partial charge in [-0.3, -0.25) is 0 Å². The summed E-state index contributed by atoms with van der Waals surface area (Å²) in [6, 6.07) is 6.06. The summed E-state index contributed by atoms with van der Waals surface area (Å²) in [7, 11) is 0. The molecule has 3 nitrogen and oxygen atoms in total. The number of nitrogens with zero attached hydrogens (tertiary/aromatic N) is 1. The van der Waals surface area contributed by atoms with Crippen molar-refractivity contribution >= 4 is 29.0 Å². The smallest absolute Gasteiger partial charge is 0.141 e. The van der Waals surface area contributed by atoms with Gasteiger partial charge in [0.05, 0.1) is 16.1 Å². The minimum Gasteiger partial charge on any atom is -0.383 e. The van der Waals surface area contributed by atoms with E-state index in [-0.39, 0.29) is 11.1 Å². The fraction of sp³-hybridized carbons (Fsp3) is 0.214. The summed E-state index contributed by atoms with van der Waals surface area (Å²) in [5.74, 6) is -0.0800. The number of nitrogen functional groups attached to an aromatic ring is 1. The first-order valence-corrected chi connectivity index (χ1v) is 6.87. The summed E-state index contributed by atoms with van der Waals surface area (Å²) in [6.45, 7) is 2.66. The maximum Gasteiger partial charge on any atom is 0.141 e. The molecule has 0 saturated heterocycles. The molecule has 106 valence electrons. The van der Waals surface area contributed by atoms with Gasteiger partial charge in [-0.15, -0.1) is 0 Å². The molecular weight excluding hydrogens is 300 g/mol. The van der Waals surface area contributed by atoms with Gasteiger partial charge < -0.3 is 11.1 Å². The first-order valence-electron chi connectivity index (χ1n) is 6.12. The molecule has 0 aliphatic heterocycles. The maximum absolute atomic E-state index is 13.3. The van der Waals surface area contributed by atoms with Gasteiger partial charge in [-0.25, -0.2) is 9.37 Å². The van der Waals surface area contributed by atoms with E-state index in [9.17, 15) is 4.39 Å². The highest BCUT2D eigenvalue weighted by atomic mass is 35.5. The predicted octanol–water partition coefficient (Wildman–Crippen LogP) is 3.81. The number of nitrogens with one attached hydrogen (secondary N) is 1. The standard InChI is InChI=1S/C14H14Cl2FN3/c1-2-19-13(8-3-4-12(17)11(16)5-8)10-6-9(15)7-20-14(10)18/h3-7,13,19H,2H2,1H3,(H2,18,20). The SMILES string of the molecule is CCNC(c1ccc(F)c(Cl)c1)c1cc(Cl)cnc1N. The number of hydrogen-bond acceptors (Lipinski definition) is 3. The van der Waals surface area contributed by atoms with E-state index in [0.717, 1.165) is 11.1 Å². The van der Waals surface area contributed by atoms with Crippen LogP contribution in [0.3, 0.4) is 0 Å². The number of benzene rings is 1. The molecule has 0 spiro atoms. The Hall–Kier alpha value is -1.36. The van der Waals surface area contributed by atoms with Crippen molar-refractivity contribution in [3.05, 3.63) is 57.5 Å². The van der Waals surface area contributed by atoms with E-state index < -0.39 is 5.82 Å². The molecule has 3 N–H and O–H groups in total. The fourth-order valence-electron chi connectivity index (χ4n) is 2.00. The zero-order valence-corrected chi connectivity index (χ0v) is 12.3. The van der Waals surface area contributed by atoms with Crippen LogP contribution in [0.2, 0.25) is 10.0 Å². The van der Waals surface area contributed by atoms with Crippen LogP contribution in [-0.2, 0) is 0 Å². The summed E-state index contributed by atoms with van der Waals surface area (Å²) >= 11 is 11.8. The number of halogens is 3. The second-order valence-electron chi connectivity index (χ2n) is 4.29. The lowest BCUT2D eigenvalue weighted by Crippen LogP contribution is -2.23. The van der Waals surface area contributed by atoms with Crippen LogP contribution in [0, 0.1) is 5.82 Å². The molecule has 0 aliphatic rings. The van der Waals surface area contributed by atoms with E-state index in [2.05, 4.69) is 10.3 Å². The molecular formula is C14H14Cl2FN3. The van der Waals surface area contributed by atoms with Crippen molar-refractivity contribution in [2.45, 2.75) is 13.0 Å². The molecule has 0 amide bonds. The van der Waals surface area contributed by atoms with Crippen molar-refractivity contribution in [1.29, 1.82) is 0 Å². The number of nitrogens with two attached hydrogens (primary N) is 1. The zero-order chi connectivity index (χ0) is 14.7. The lowest BCUT2D eigenvalue weighted by Gasteiger charge is -2.20. The Labute approximate surface area is 126 Å². The van der Waals surface area contributed by atoms with Crippen molar-refractivity contribution in [2.75, 3.05) is 12.3 Å². The Morgan fingerprint density at radius 2 is 2.10 bits per heavy atom. The Balaban J connectivity index is 2.49. The number of anilines is 1. The van der Waals surface area contributed by atoms with Crippen molar-refractivity contribution in [2.24, 2.45) is 0 Å². The second kappa shape index (κ2) is 6.39. The van der Waals surface area contributed by atoms with Crippen molar-refractivity contribution < 1.29 is 4.39 Å². The van der Waals surface area contributed by atoms with Gasteiger partial charge in [-0.2, -0.15) is 0 Å². The topological polar surface area (TPSA) is 50.9 Å². The maximum atomic E-state index is 13.3. The monoisotopic (exact) mass is 313 g/mol. The van der Waals surface area contributed by atoms with Crippen molar-refractivity contribution in [1.82, 2.24) is 10.3 Å². The fourth-order valence-corrected chi connectivity index (χ4v) is 2.36. The molecule has 1 aromatic heterocycles. The first-order chi connectivity index (χ1) is 9.52. The molecule has 0 saturated carbocycles. The highest BCUT2D eigenvalue weighted by molar-refractivity contribution is 6.31. The lowest BCUT2D eigenvalue weighted by atomic mass is 9.99. The number of hydrogen-bond donors (Lipinski definition) is 2. The lowest BCUT2D eigenvalue weighted by molar-refractivity contribution is 0.614. The van der Waals surface area contributed by atoms with Crippen LogP contribution in [0.15, 0.2) is 30.5 Å². The molecule has 0 radical (unpaired) electrons. The van der Waals surface area contributed by atoms with Crippen LogP contribution in [0.1, 0.15) is 24.1 Å². The van der Waals surface area contributed by atoms with Crippen LogP contribution in [0.4, 0.5) is 10.2 Å². The average Bonchev–Trinajstić information content (AvgIpc) is 2.42. The Bertz CT molecular complexity index is 619. The van der Waals surface area contributed by atoms with E-state index >= 15 is 0 Å². The average molecular weight is 314 g/mol. The largest absolute Gasteiger partial charge is 0.383 e. The van der Waals surface area contributed by atoms with Gasteiger partial charge in [0, 0.05) is 11.8 Å². The first kappa shape index (κ1) is 15.0. The Morgan fingerprint density at radius 1 is 1.35 bits per heavy atom. The van der Waals surface area contributed by atoms with Gasteiger partial charge in [0.2, 0.25) is 0 Å². The van der Waals surface area contributed by atoms with E-state index in [1.807, 2.05) is 6.92 Å². The molecule has 1 heterocycles. The third kappa shape index (κ3) is 3.20. The molecule has 6 heteroatoms. The molecule has 2 rings (SSSR count). The summed E-state index contributed by atoms with van der Waals surface area (Å²) in [5.41, 5.74) is 7.45. The van der Waals surface area contributed by atoms with Gasteiger partial charge in [-0.05, 0) is 30.3 Å². The van der Waals surface area contributed by atoms with Crippen LogP contribution in [0.5, 0.6) is 0 Å². The number of aromatic nitrogens is 1. The van der Waals surface area contributed by atoms with Gasteiger partial charge in [-0.1, -0.05) is 36.2 Å². The van der Waals surface area contributed by atoms with Gasteiger partial charge in [0.25, 0.3) is 0 Å². The molecule has 1 unspecified atom stereocenters. The normalized spacial score (nSPS) is 12.4. The van der Waals surface area contributed by atoms with Crippen LogP contribution in [-0.4, -0.2) is 11.5 Å². The van der Waals surface area contributed by atoms with E-state index in [0.29, 0.717) is 17.4 Å². The molecule has 1 atom stereocenters. The van der Waals surface area contributed by atoms with E-state index in [1.54, 1.807) is 18.2 Å². The van der Waals surface area contributed by atoms with Crippen molar-refractivity contribution in [3.8, 4) is 0 Å². The zero-order valence-electron chi connectivity index (χ0n) is 10.8. The van der Waals surface area contributed by atoms with Gasteiger partial charge in [0.1, 0.15) is 11.6 Å². The van der Waals surface area contributed by atoms with Gasteiger partial charge in [0.15, 0.2) is 0 Å². The highest BCUT2D eigenvalue weighted by Crippen LogP contribution is 2.29. The molecule has 0 bridgehead atoms. The second-order valence-corrected chi connectivity index (χ2v) is 5.14. The molecule has 0 fully saturated rings. The highest BCUT2D eigenvalue weighted by Gasteiger charge is 2.18. The summed E-state index contributed by atoms with van der Waals surface area (Å²) < 4.78 is 13.3. The van der Waals surface area contributed by atoms with Crippen LogP contribution in [0.25, 0.3) is 0 Å². The summed E-state index contributed by atoms with van der Waals surface area (Å²) in [4.78, 5) is 4.05. The molecule has 20 heavy (non-hydrogen) atoms. The van der Waals surface area contributed by atoms with Gasteiger partial charge >= 0.3 is 0 Å². The summed E-state index contributed by atoms with van der Waals surface area (Å²) in [6.07, 6.45) is 1.49. The number of rotatable bonds is 4. The minimum atomic E-state index is -0.456.